The molecular weight excluding hydrogens is 142 g/mol. The standard InChI is InChI=1S/C7H15N3O/c8-6-2-4-10-3-1-5(6)7(9)11/h5-6,10H,1-4,8H2,(H2,9,11). The van der Waals surface area contributed by atoms with Crippen molar-refractivity contribution in [3.05, 3.63) is 0 Å². The lowest BCUT2D eigenvalue weighted by molar-refractivity contribution is -0.122. The minimum absolute atomic E-state index is 0.0532. The summed E-state index contributed by atoms with van der Waals surface area (Å²) in [5.41, 5.74) is 10.9. The van der Waals surface area contributed by atoms with Crippen LogP contribution in [0.5, 0.6) is 0 Å². The fraction of sp³-hybridized carbons (Fsp3) is 0.857. The normalized spacial score (nSPS) is 32.8. The molecule has 4 heteroatoms. The molecule has 1 rings (SSSR count). The fourth-order valence-electron chi connectivity index (χ4n) is 1.42. The number of primary amides is 1. The summed E-state index contributed by atoms with van der Waals surface area (Å²) in [6.45, 7) is 1.74. The molecule has 2 atom stereocenters. The number of hydrogen-bond donors (Lipinski definition) is 3. The zero-order valence-corrected chi connectivity index (χ0v) is 6.55. The van der Waals surface area contributed by atoms with E-state index < -0.39 is 0 Å². The van der Waals surface area contributed by atoms with E-state index in [1.165, 1.54) is 0 Å². The summed E-state index contributed by atoms with van der Waals surface area (Å²) < 4.78 is 0. The molecule has 2 unspecified atom stereocenters. The highest BCUT2D eigenvalue weighted by Crippen LogP contribution is 2.11. The summed E-state index contributed by atoms with van der Waals surface area (Å²) in [5, 5.41) is 3.17. The van der Waals surface area contributed by atoms with Gasteiger partial charge < -0.3 is 16.8 Å². The van der Waals surface area contributed by atoms with E-state index in [0.717, 1.165) is 25.9 Å². The molecule has 11 heavy (non-hydrogen) atoms. The van der Waals surface area contributed by atoms with E-state index in [-0.39, 0.29) is 17.9 Å². The average Bonchev–Trinajstić information content (AvgIpc) is 2.13. The van der Waals surface area contributed by atoms with Crippen LogP contribution in [0.25, 0.3) is 0 Å². The Morgan fingerprint density at radius 2 is 2.00 bits per heavy atom. The molecule has 64 valence electrons. The first-order valence-electron chi connectivity index (χ1n) is 3.97. The first-order chi connectivity index (χ1) is 5.22. The fourth-order valence-corrected chi connectivity index (χ4v) is 1.42. The van der Waals surface area contributed by atoms with Crippen molar-refractivity contribution in [1.82, 2.24) is 5.32 Å². The SMILES string of the molecule is NC(=O)C1CCNCCC1N. The maximum absolute atomic E-state index is 10.8. The van der Waals surface area contributed by atoms with Gasteiger partial charge in [-0.05, 0) is 25.9 Å². The van der Waals surface area contributed by atoms with Crippen molar-refractivity contribution >= 4 is 5.91 Å². The molecule has 1 heterocycles. The van der Waals surface area contributed by atoms with Gasteiger partial charge >= 0.3 is 0 Å². The molecule has 5 N–H and O–H groups in total. The van der Waals surface area contributed by atoms with Crippen LogP contribution in [0.2, 0.25) is 0 Å². The van der Waals surface area contributed by atoms with Gasteiger partial charge in [-0.15, -0.1) is 0 Å². The van der Waals surface area contributed by atoms with Crippen LogP contribution < -0.4 is 16.8 Å². The van der Waals surface area contributed by atoms with Crippen LogP contribution in [0.15, 0.2) is 0 Å². The zero-order valence-electron chi connectivity index (χ0n) is 6.55. The molecule has 0 aromatic heterocycles. The Morgan fingerprint density at radius 1 is 1.36 bits per heavy atom. The van der Waals surface area contributed by atoms with Crippen LogP contribution in [0, 0.1) is 5.92 Å². The molecule has 1 fully saturated rings. The molecular formula is C7H15N3O. The number of carbonyl (C=O) groups excluding carboxylic acids is 1. The maximum Gasteiger partial charge on any atom is 0.222 e. The monoisotopic (exact) mass is 157 g/mol. The third kappa shape index (κ3) is 2.17. The van der Waals surface area contributed by atoms with Gasteiger partial charge in [-0.3, -0.25) is 4.79 Å². The van der Waals surface area contributed by atoms with Crippen molar-refractivity contribution in [3.8, 4) is 0 Å². The largest absolute Gasteiger partial charge is 0.369 e. The molecule has 0 radical (unpaired) electrons. The number of nitrogens with two attached hydrogens (primary N) is 2. The molecule has 0 bridgehead atoms. The zero-order chi connectivity index (χ0) is 8.27. The van der Waals surface area contributed by atoms with Crippen LogP contribution in [0.3, 0.4) is 0 Å². The van der Waals surface area contributed by atoms with Crippen molar-refractivity contribution in [2.24, 2.45) is 17.4 Å². The molecule has 4 nitrogen and oxygen atoms in total. The summed E-state index contributed by atoms with van der Waals surface area (Å²) >= 11 is 0. The molecule has 1 saturated heterocycles. The van der Waals surface area contributed by atoms with Crippen LogP contribution in [0.1, 0.15) is 12.8 Å². The molecule has 0 aliphatic carbocycles. The highest BCUT2D eigenvalue weighted by atomic mass is 16.1. The van der Waals surface area contributed by atoms with Crippen molar-refractivity contribution in [1.29, 1.82) is 0 Å². The van der Waals surface area contributed by atoms with Crippen molar-refractivity contribution in [2.45, 2.75) is 18.9 Å². The number of rotatable bonds is 1. The van der Waals surface area contributed by atoms with Gasteiger partial charge in [-0.1, -0.05) is 0 Å². The minimum atomic E-state index is -0.263. The van der Waals surface area contributed by atoms with Crippen molar-refractivity contribution in [3.63, 3.8) is 0 Å². The van der Waals surface area contributed by atoms with Gasteiger partial charge in [0.15, 0.2) is 0 Å². The Hall–Kier alpha value is -0.610. The Kier molecular flexibility index (Phi) is 2.84. The Morgan fingerprint density at radius 3 is 2.64 bits per heavy atom. The van der Waals surface area contributed by atoms with Gasteiger partial charge in [0.05, 0.1) is 5.92 Å². The van der Waals surface area contributed by atoms with Crippen molar-refractivity contribution < 1.29 is 4.79 Å². The Balaban J connectivity index is 2.52. The average molecular weight is 157 g/mol. The Bertz CT molecular complexity index is 149. The lowest BCUT2D eigenvalue weighted by Crippen LogP contribution is -2.38. The molecule has 0 aromatic rings. The second kappa shape index (κ2) is 3.69. The van der Waals surface area contributed by atoms with Gasteiger partial charge in [0.2, 0.25) is 5.91 Å². The third-order valence-electron chi connectivity index (χ3n) is 2.17. The van der Waals surface area contributed by atoms with Crippen LogP contribution in [0.4, 0.5) is 0 Å². The number of nitrogens with one attached hydrogen (secondary N) is 1. The second-order valence-corrected chi connectivity index (χ2v) is 3.00. The van der Waals surface area contributed by atoms with Crippen LogP contribution in [-0.4, -0.2) is 25.0 Å². The van der Waals surface area contributed by atoms with Gasteiger partial charge in [-0.25, -0.2) is 0 Å². The van der Waals surface area contributed by atoms with Crippen LogP contribution >= 0.6 is 0 Å². The number of carbonyl (C=O) groups is 1. The van der Waals surface area contributed by atoms with Gasteiger partial charge in [0, 0.05) is 6.04 Å². The lowest BCUT2D eigenvalue weighted by Gasteiger charge is -2.16. The third-order valence-corrected chi connectivity index (χ3v) is 2.17. The predicted octanol–water partition coefficient (Wildman–Crippen LogP) is -1.20. The molecule has 0 aromatic carbocycles. The highest BCUT2D eigenvalue weighted by Gasteiger charge is 2.24. The van der Waals surface area contributed by atoms with E-state index in [4.69, 9.17) is 11.5 Å². The quantitative estimate of drug-likeness (QED) is 0.447. The topological polar surface area (TPSA) is 81.1 Å². The minimum Gasteiger partial charge on any atom is -0.369 e. The smallest absolute Gasteiger partial charge is 0.222 e. The van der Waals surface area contributed by atoms with Gasteiger partial charge in [0.25, 0.3) is 0 Å². The molecule has 1 amide bonds. The van der Waals surface area contributed by atoms with E-state index in [0.29, 0.717) is 0 Å². The number of hydrogen-bond acceptors (Lipinski definition) is 3. The molecule has 0 saturated carbocycles. The first-order valence-corrected chi connectivity index (χ1v) is 3.97. The van der Waals surface area contributed by atoms with Gasteiger partial charge in [0.1, 0.15) is 0 Å². The van der Waals surface area contributed by atoms with Crippen molar-refractivity contribution in [2.75, 3.05) is 13.1 Å². The summed E-state index contributed by atoms with van der Waals surface area (Å²) in [5.74, 6) is -0.397. The van der Waals surface area contributed by atoms with Crippen LogP contribution in [-0.2, 0) is 4.79 Å². The molecule has 1 aliphatic rings. The van der Waals surface area contributed by atoms with E-state index in [2.05, 4.69) is 5.32 Å². The summed E-state index contributed by atoms with van der Waals surface area (Å²) in [6, 6.07) is -0.0532. The highest BCUT2D eigenvalue weighted by molar-refractivity contribution is 5.77. The lowest BCUT2D eigenvalue weighted by atomic mass is 9.95. The maximum atomic E-state index is 10.8. The van der Waals surface area contributed by atoms with E-state index >= 15 is 0 Å². The molecule has 0 spiro atoms. The summed E-state index contributed by atoms with van der Waals surface area (Å²) in [6.07, 6.45) is 1.62. The summed E-state index contributed by atoms with van der Waals surface area (Å²) in [7, 11) is 0. The Labute approximate surface area is 66.3 Å². The number of amides is 1. The van der Waals surface area contributed by atoms with Gasteiger partial charge in [-0.2, -0.15) is 0 Å². The van der Waals surface area contributed by atoms with E-state index in [1.807, 2.05) is 0 Å². The van der Waals surface area contributed by atoms with E-state index in [1.54, 1.807) is 0 Å². The summed E-state index contributed by atoms with van der Waals surface area (Å²) in [4.78, 5) is 10.8. The molecule has 1 aliphatic heterocycles. The second-order valence-electron chi connectivity index (χ2n) is 3.00. The first kappa shape index (κ1) is 8.49. The van der Waals surface area contributed by atoms with E-state index in [9.17, 15) is 4.79 Å². The predicted molar refractivity (Wildman–Crippen MR) is 42.8 cm³/mol.